The molecule has 0 unspecified atom stereocenters. The molecular weight excluding hydrogens is 184 g/mol. The van der Waals surface area contributed by atoms with Crippen molar-refractivity contribution in [2.45, 2.75) is 53.4 Å². The van der Waals surface area contributed by atoms with Crippen LogP contribution in [0.5, 0.6) is 0 Å². The molecule has 2 heteroatoms. The summed E-state index contributed by atoms with van der Waals surface area (Å²) < 4.78 is 0. The monoisotopic (exact) mass is 214 g/mol. The van der Waals surface area contributed by atoms with Crippen molar-refractivity contribution in [2.24, 2.45) is 5.41 Å². The molecule has 2 heterocycles. The van der Waals surface area contributed by atoms with Gasteiger partial charge in [0.05, 0.1) is 0 Å². The first-order chi connectivity index (χ1) is 7.41. The lowest BCUT2D eigenvalue weighted by Gasteiger charge is -2.41. The molecule has 2 aliphatic rings. The zero-order valence-corrected chi connectivity index (χ0v) is 11.2. The van der Waals surface area contributed by atoms with Gasteiger partial charge >= 0.3 is 0 Å². The molecule has 2 N–H and O–H groups in total. The molecule has 2 aliphatic heterocycles. The second-order valence-electron chi connectivity index (χ2n) is 4.00. The van der Waals surface area contributed by atoms with Gasteiger partial charge in [-0.3, -0.25) is 0 Å². The second kappa shape index (κ2) is 9.17. The maximum Gasteiger partial charge on any atom is -0.00436 e. The number of hydrogen-bond acceptors (Lipinski definition) is 2. The van der Waals surface area contributed by atoms with Crippen LogP contribution in [0.3, 0.4) is 0 Å². The van der Waals surface area contributed by atoms with Crippen molar-refractivity contribution in [2.75, 3.05) is 26.2 Å². The van der Waals surface area contributed by atoms with E-state index in [0.29, 0.717) is 0 Å². The van der Waals surface area contributed by atoms with Gasteiger partial charge in [-0.15, -0.1) is 0 Å². The molecule has 0 atom stereocenters. The van der Waals surface area contributed by atoms with E-state index >= 15 is 0 Å². The average Bonchev–Trinajstić information content (AvgIpc) is 2.36. The molecular formula is C13H30N2. The van der Waals surface area contributed by atoms with Crippen molar-refractivity contribution in [3.8, 4) is 0 Å². The molecule has 0 aromatic rings. The molecule has 0 aromatic carbocycles. The summed E-state index contributed by atoms with van der Waals surface area (Å²) >= 11 is 0. The Hall–Kier alpha value is -0.0800. The molecule has 1 spiro atoms. The number of rotatable bonds is 0. The minimum absolute atomic E-state index is 0.733. The zero-order chi connectivity index (χ0) is 11.6. The van der Waals surface area contributed by atoms with Crippen LogP contribution in [0.15, 0.2) is 0 Å². The molecule has 0 saturated carbocycles. The molecule has 2 nitrogen and oxygen atoms in total. The summed E-state index contributed by atoms with van der Waals surface area (Å²) in [5, 5.41) is 6.87. The van der Waals surface area contributed by atoms with Crippen molar-refractivity contribution >= 4 is 0 Å². The Balaban J connectivity index is 0.000000442. The van der Waals surface area contributed by atoms with Crippen LogP contribution in [0, 0.1) is 5.41 Å². The summed E-state index contributed by atoms with van der Waals surface area (Å²) in [5.41, 5.74) is 0.733. The van der Waals surface area contributed by atoms with E-state index in [2.05, 4.69) is 10.6 Å². The first-order valence-electron chi connectivity index (χ1n) is 6.83. The van der Waals surface area contributed by atoms with Crippen LogP contribution in [-0.4, -0.2) is 26.2 Å². The lowest BCUT2D eigenvalue weighted by molar-refractivity contribution is 0.144. The SMILES string of the molecule is C1CC2(CCN1)CCNCC2.CC.CC. The standard InChI is InChI=1S/C9H18N2.2C2H6/c1-5-10-6-2-9(1)3-7-11-8-4-9;2*1-2/h10-11H,1-8H2;2*1-2H3. The quantitative estimate of drug-likeness (QED) is 0.648. The Morgan fingerprint density at radius 3 is 1.13 bits per heavy atom. The Morgan fingerprint density at radius 2 is 0.867 bits per heavy atom. The summed E-state index contributed by atoms with van der Waals surface area (Å²) in [5.74, 6) is 0. The first kappa shape index (κ1) is 14.9. The third kappa shape index (κ3) is 4.98. The molecule has 0 radical (unpaired) electrons. The Bertz CT molecular complexity index is 103. The van der Waals surface area contributed by atoms with Crippen molar-refractivity contribution < 1.29 is 0 Å². The van der Waals surface area contributed by atoms with Gasteiger partial charge in [0.1, 0.15) is 0 Å². The molecule has 2 rings (SSSR count). The van der Waals surface area contributed by atoms with E-state index < -0.39 is 0 Å². The summed E-state index contributed by atoms with van der Waals surface area (Å²) in [6.45, 7) is 13.0. The molecule has 0 aliphatic carbocycles. The van der Waals surface area contributed by atoms with E-state index in [0.717, 1.165) is 5.41 Å². The third-order valence-corrected chi connectivity index (χ3v) is 3.33. The van der Waals surface area contributed by atoms with E-state index in [4.69, 9.17) is 0 Å². The molecule has 15 heavy (non-hydrogen) atoms. The van der Waals surface area contributed by atoms with Crippen LogP contribution in [0.25, 0.3) is 0 Å². The fourth-order valence-electron chi connectivity index (χ4n) is 2.41. The van der Waals surface area contributed by atoms with Crippen molar-refractivity contribution in [1.29, 1.82) is 0 Å². The van der Waals surface area contributed by atoms with Crippen molar-refractivity contribution in [1.82, 2.24) is 10.6 Å². The first-order valence-corrected chi connectivity index (χ1v) is 6.83. The molecule has 0 aromatic heterocycles. The van der Waals surface area contributed by atoms with Crippen molar-refractivity contribution in [3.05, 3.63) is 0 Å². The van der Waals surface area contributed by atoms with Crippen LogP contribution in [-0.2, 0) is 0 Å². The van der Waals surface area contributed by atoms with Crippen LogP contribution >= 0.6 is 0 Å². The van der Waals surface area contributed by atoms with Crippen LogP contribution in [0.4, 0.5) is 0 Å². The molecule has 0 amide bonds. The lowest BCUT2D eigenvalue weighted by atomic mass is 9.72. The van der Waals surface area contributed by atoms with Gasteiger partial charge in [0.15, 0.2) is 0 Å². The maximum absolute atomic E-state index is 3.44. The van der Waals surface area contributed by atoms with Crippen LogP contribution in [0.1, 0.15) is 53.4 Å². The van der Waals surface area contributed by atoms with Gasteiger partial charge in [0, 0.05) is 0 Å². The van der Waals surface area contributed by atoms with Gasteiger partial charge in [-0.2, -0.15) is 0 Å². The second-order valence-corrected chi connectivity index (χ2v) is 4.00. The number of piperidine rings is 2. The smallest absolute Gasteiger partial charge is 0.00436 e. The fourth-order valence-corrected chi connectivity index (χ4v) is 2.41. The third-order valence-electron chi connectivity index (χ3n) is 3.33. The van der Waals surface area contributed by atoms with Gasteiger partial charge in [-0.05, 0) is 57.3 Å². The maximum atomic E-state index is 3.44. The Morgan fingerprint density at radius 1 is 0.600 bits per heavy atom. The van der Waals surface area contributed by atoms with Crippen LogP contribution in [0.2, 0.25) is 0 Å². The van der Waals surface area contributed by atoms with Gasteiger partial charge < -0.3 is 10.6 Å². The fraction of sp³-hybridized carbons (Fsp3) is 1.00. The highest BCUT2D eigenvalue weighted by atomic mass is 14.9. The molecule has 2 fully saturated rings. The predicted molar refractivity (Wildman–Crippen MR) is 69.3 cm³/mol. The van der Waals surface area contributed by atoms with Crippen molar-refractivity contribution in [3.63, 3.8) is 0 Å². The minimum atomic E-state index is 0.733. The number of nitrogens with one attached hydrogen (secondary N) is 2. The minimum Gasteiger partial charge on any atom is -0.317 e. The van der Waals surface area contributed by atoms with E-state index in [-0.39, 0.29) is 0 Å². The van der Waals surface area contributed by atoms with Crippen LogP contribution < -0.4 is 10.6 Å². The summed E-state index contributed by atoms with van der Waals surface area (Å²) in [6, 6.07) is 0. The zero-order valence-electron chi connectivity index (χ0n) is 11.2. The molecule has 0 bridgehead atoms. The predicted octanol–water partition coefficient (Wildman–Crippen LogP) is 2.79. The van der Waals surface area contributed by atoms with Gasteiger partial charge in [0.2, 0.25) is 0 Å². The van der Waals surface area contributed by atoms with Gasteiger partial charge in [-0.25, -0.2) is 0 Å². The van der Waals surface area contributed by atoms with E-state index in [1.807, 2.05) is 27.7 Å². The normalized spacial score (nSPS) is 23.2. The largest absolute Gasteiger partial charge is 0.317 e. The molecule has 2 saturated heterocycles. The summed E-state index contributed by atoms with van der Waals surface area (Å²) in [4.78, 5) is 0. The van der Waals surface area contributed by atoms with Gasteiger partial charge in [0.25, 0.3) is 0 Å². The number of hydrogen-bond donors (Lipinski definition) is 2. The summed E-state index contributed by atoms with van der Waals surface area (Å²) in [6.07, 6.45) is 5.65. The highest BCUT2D eigenvalue weighted by Crippen LogP contribution is 2.37. The molecule has 92 valence electrons. The average molecular weight is 214 g/mol. The van der Waals surface area contributed by atoms with E-state index in [1.54, 1.807) is 0 Å². The van der Waals surface area contributed by atoms with Gasteiger partial charge in [-0.1, -0.05) is 27.7 Å². The highest BCUT2D eigenvalue weighted by molar-refractivity contribution is 4.88. The highest BCUT2D eigenvalue weighted by Gasteiger charge is 2.32. The van der Waals surface area contributed by atoms with E-state index in [1.165, 1.54) is 51.9 Å². The topological polar surface area (TPSA) is 24.1 Å². The lowest BCUT2D eigenvalue weighted by Crippen LogP contribution is -2.43. The van der Waals surface area contributed by atoms with E-state index in [9.17, 15) is 0 Å². The Kier molecular flexibility index (Phi) is 9.12. The Labute approximate surface area is 96.2 Å². The summed E-state index contributed by atoms with van der Waals surface area (Å²) in [7, 11) is 0.